The quantitative estimate of drug-likeness (QED) is 0.916. The first kappa shape index (κ1) is 16.4. The molecule has 1 aromatic heterocycles. The smallest absolute Gasteiger partial charge is 0.272 e. The van der Waals surface area contributed by atoms with E-state index in [4.69, 9.17) is 10.5 Å². The molecule has 0 spiro atoms. The Balaban J connectivity index is 1.77. The highest BCUT2D eigenvalue weighted by Gasteiger charge is 2.20. The molecule has 1 saturated heterocycles. The van der Waals surface area contributed by atoms with Gasteiger partial charge in [-0.1, -0.05) is 6.07 Å². The molecule has 5 nitrogen and oxygen atoms in total. The molecule has 0 unspecified atom stereocenters. The molecule has 1 aliphatic heterocycles. The van der Waals surface area contributed by atoms with E-state index in [-0.39, 0.29) is 19.1 Å². The molecular formula is C18H20FN3O2. The maximum Gasteiger partial charge on any atom is 0.272 e. The van der Waals surface area contributed by atoms with Crippen molar-refractivity contribution in [1.82, 2.24) is 9.88 Å². The molecule has 0 bridgehead atoms. The van der Waals surface area contributed by atoms with E-state index in [1.54, 1.807) is 18.2 Å². The Morgan fingerprint density at radius 2 is 2.08 bits per heavy atom. The van der Waals surface area contributed by atoms with Crippen LogP contribution >= 0.6 is 0 Å². The van der Waals surface area contributed by atoms with Crippen LogP contribution < -0.4 is 10.5 Å². The minimum absolute atomic E-state index is 0.0182. The molecule has 24 heavy (non-hydrogen) atoms. The number of ether oxygens (including phenoxy) is 1. The van der Waals surface area contributed by atoms with Gasteiger partial charge in [-0.05, 0) is 37.1 Å². The molecule has 2 aromatic rings. The Morgan fingerprint density at radius 3 is 2.79 bits per heavy atom. The number of nitrogens with two attached hydrogens (primary N) is 1. The summed E-state index contributed by atoms with van der Waals surface area (Å²) in [5, 5.41) is 0.865. The number of hydrogen-bond donors (Lipinski definition) is 1. The zero-order valence-electron chi connectivity index (χ0n) is 13.4. The first-order valence-corrected chi connectivity index (χ1v) is 8.02. The van der Waals surface area contributed by atoms with Gasteiger partial charge in [0.15, 0.2) is 0 Å². The third kappa shape index (κ3) is 3.54. The fourth-order valence-electron chi connectivity index (χ4n) is 2.71. The third-order valence-corrected chi connectivity index (χ3v) is 4.11. The van der Waals surface area contributed by atoms with Crippen LogP contribution in [-0.2, 0) is 0 Å². The molecular weight excluding hydrogens is 309 g/mol. The van der Waals surface area contributed by atoms with Crippen molar-refractivity contribution in [2.45, 2.75) is 12.8 Å². The van der Waals surface area contributed by atoms with E-state index in [1.807, 2.05) is 17.0 Å². The molecule has 2 heterocycles. The van der Waals surface area contributed by atoms with Gasteiger partial charge in [0.2, 0.25) is 0 Å². The summed E-state index contributed by atoms with van der Waals surface area (Å²) in [4.78, 5) is 18.7. The van der Waals surface area contributed by atoms with Gasteiger partial charge in [0.05, 0.1) is 11.8 Å². The molecule has 0 aliphatic carbocycles. The van der Waals surface area contributed by atoms with E-state index in [9.17, 15) is 9.18 Å². The van der Waals surface area contributed by atoms with Crippen LogP contribution in [0.2, 0.25) is 0 Å². The lowest BCUT2D eigenvalue weighted by atomic mass is 10.2. The van der Waals surface area contributed by atoms with E-state index < -0.39 is 0 Å². The molecule has 3 rings (SSSR count). The first-order valence-electron chi connectivity index (χ1n) is 8.02. The van der Waals surface area contributed by atoms with E-state index in [0.29, 0.717) is 23.3 Å². The summed E-state index contributed by atoms with van der Waals surface area (Å²) in [5.41, 5.74) is 6.98. The number of likely N-dealkylation sites (tertiary alicyclic amines) is 1. The Bertz CT molecular complexity index is 770. The van der Waals surface area contributed by atoms with Crippen LogP contribution in [0.25, 0.3) is 10.9 Å². The van der Waals surface area contributed by atoms with Crippen molar-refractivity contribution < 1.29 is 13.9 Å². The summed E-state index contributed by atoms with van der Waals surface area (Å²) in [6.07, 6.45) is 2.58. The highest BCUT2D eigenvalue weighted by atomic mass is 19.1. The Labute approximate surface area is 139 Å². The fourth-order valence-corrected chi connectivity index (χ4v) is 2.71. The van der Waals surface area contributed by atoms with Crippen LogP contribution in [-0.4, -0.2) is 42.0 Å². The summed E-state index contributed by atoms with van der Waals surface area (Å²) in [7, 11) is 0. The predicted octanol–water partition coefficient (Wildman–Crippen LogP) is 2.66. The van der Waals surface area contributed by atoms with Gasteiger partial charge in [-0.2, -0.15) is 0 Å². The number of fused-ring (bicyclic) bond motifs is 1. The van der Waals surface area contributed by atoms with Crippen LogP contribution in [0.5, 0.6) is 5.75 Å². The summed E-state index contributed by atoms with van der Waals surface area (Å²) in [5.74, 6) is 0.589. The SMILES string of the molecule is NC/C(=C\F)COc1ccc2nc(C(=O)N3CCCC3)ccc2c1. The van der Waals surface area contributed by atoms with Gasteiger partial charge in [-0.3, -0.25) is 4.79 Å². The molecule has 0 radical (unpaired) electrons. The zero-order chi connectivity index (χ0) is 16.9. The summed E-state index contributed by atoms with van der Waals surface area (Å²) < 4.78 is 18.0. The highest BCUT2D eigenvalue weighted by Crippen LogP contribution is 2.21. The van der Waals surface area contributed by atoms with Crippen molar-refractivity contribution in [2.24, 2.45) is 5.73 Å². The Hall–Kier alpha value is -2.47. The van der Waals surface area contributed by atoms with Gasteiger partial charge < -0.3 is 15.4 Å². The van der Waals surface area contributed by atoms with Crippen molar-refractivity contribution in [3.63, 3.8) is 0 Å². The molecule has 1 aliphatic rings. The monoisotopic (exact) mass is 329 g/mol. The second-order valence-electron chi connectivity index (χ2n) is 5.81. The normalized spacial score (nSPS) is 15.1. The van der Waals surface area contributed by atoms with Gasteiger partial charge in [-0.25, -0.2) is 9.37 Å². The van der Waals surface area contributed by atoms with E-state index >= 15 is 0 Å². The predicted molar refractivity (Wildman–Crippen MR) is 90.6 cm³/mol. The molecule has 1 aromatic carbocycles. The van der Waals surface area contributed by atoms with Gasteiger partial charge in [0.25, 0.3) is 5.91 Å². The summed E-state index contributed by atoms with van der Waals surface area (Å²) in [6, 6.07) is 8.96. The second kappa shape index (κ2) is 7.40. The average molecular weight is 329 g/mol. The molecule has 0 atom stereocenters. The fraction of sp³-hybridized carbons (Fsp3) is 0.333. The first-order chi connectivity index (χ1) is 11.7. The second-order valence-corrected chi connectivity index (χ2v) is 5.81. The van der Waals surface area contributed by atoms with Crippen molar-refractivity contribution in [1.29, 1.82) is 0 Å². The van der Waals surface area contributed by atoms with Crippen LogP contribution in [0.15, 0.2) is 42.2 Å². The average Bonchev–Trinajstić information content (AvgIpc) is 3.16. The lowest BCUT2D eigenvalue weighted by molar-refractivity contribution is 0.0787. The minimum Gasteiger partial charge on any atom is -0.489 e. The van der Waals surface area contributed by atoms with Gasteiger partial charge in [0, 0.05) is 30.6 Å². The number of benzene rings is 1. The maximum atomic E-state index is 12.5. The van der Waals surface area contributed by atoms with Gasteiger partial charge in [0.1, 0.15) is 18.1 Å². The van der Waals surface area contributed by atoms with Crippen LogP contribution in [0.1, 0.15) is 23.3 Å². The maximum absolute atomic E-state index is 12.5. The molecule has 1 amide bonds. The molecule has 0 saturated carbocycles. The number of amides is 1. The summed E-state index contributed by atoms with van der Waals surface area (Å²) >= 11 is 0. The van der Waals surface area contributed by atoms with Crippen molar-refractivity contribution in [3.05, 3.63) is 47.9 Å². The van der Waals surface area contributed by atoms with Crippen LogP contribution in [0.4, 0.5) is 4.39 Å². The van der Waals surface area contributed by atoms with Gasteiger partial charge in [-0.15, -0.1) is 0 Å². The zero-order valence-corrected chi connectivity index (χ0v) is 13.4. The number of carbonyl (C=O) groups is 1. The van der Waals surface area contributed by atoms with Crippen molar-refractivity contribution >= 4 is 16.8 Å². The molecule has 126 valence electrons. The highest BCUT2D eigenvalue weighted by molar-refractivity contribution is 5.95. The van der Waals surface area contributed by atoms with E-state index in [1.165, 1.54) is 0 Å². The molecule has 1 fully saturated rings. The standard InChI is InChI=1S/C18H20FN3O2/c19-10-13(11-20)12-24-15-4-6-16-14(9-15)3-5-17(21-16)18(23)22-7-1-2-8-22/h3-6,9-10H,1-2,7-8,11-12,20H2/b13-10+. The number of rotatable bonds is 5. The number of carbonyl (C=O) groups excluding carboxylic acids is 1. The van der Waals surface area contributed by atoms with Gasteiger partial charge >= 0.3 is 0 Å². The summed E-state index contributed by atoms with van der Waals surface area (Å²) in [6.45, 7) is 1.83. The molecule has 2 N–H and O–H groups in total. The number of nitrogens with zero attached hydrogens (tertiary/aromatic N) is 2. The lowest BCUT2D eigenvalue weighted by Crippen LogP contribution is -2.28. The number of halogens is 1. The topological polar surface area (TPSA) is 68.5 Å². The lowest BCUT2D eigenvalue weighted by Gasteiger charge is -2.14. The van der Waals surface area contributed by atoms with Crippen LogP contribution in [0, 0.1) is 0 Å². The largest absolute Gasteiger partial charge is 0.489 e. The third-order valence-electron chi connectivity index (χ3n) is 4.11. The number of aromatic nitrogens is 1. The Morgan fingerprint density at radius 1 is 1.29 bits per heavy atom. The number of pyridine rings is 1. The molecule has 6 heteroatoms. The Kier molecular flexibility index (Phi) is 5.05. The number of hydrogen-bond acceptors (Lipinski definition) is 4. The van der Waals surface area contributed by atoms with Crippen LogP contribution in [0.3, 0.4) is 0 Å². The van der Waals surface area contributed by atoms with E-state index in [2.05, 4.69) is 4.98 Å². The van der Waals surface area contributed by atoms with Crippen molar-refractivity contribution in [3.8, 4) is 5.75 Å². The minimum atomic E-state index is -0.0182. The van der Waals surface area contributed by atoms with Crippen molar-refractivity contribution in [2.75, 3.05) is 26.2 Å². The van der Waals surface area contributed by atoms with E-state index in [0.717, 1.165) is 36.8 Å².